The van der Waals surface area contributed by atoms with Crippen molar-refractivity contribution in [1.82, 2.24) is 9.97 Å². The van der Waals surface area contributed by atoms with Crippen molar-refractivity contribution >= 4 is 22.9 Å². The average Bonchev–Trinajstić information content (AvgIpc) is 3.36. The predicted molar refractivity (Wildman–Crippen MR) is 120 cm³/mol. The molecule has 5 rings (SSSR count). The molecule has 0 saturated carbocycles. The van der Waals surface area contributed by atoms with Gasteiger partial charge in [0.1, 0.15) is 13.2 Å². The van der Waals surface area contributed by atoms with Crippen LogP contribution in [0.15, 0.2) is 78.4 Å². The molecule has 31 heavy (non-hydrogen) atoms. The monoisotopic (exact) mass is 429 g/mol. The van der Waals surface area contributed by atoms with Crippen molar-refractivity contribution in [2.45, 2.75) is 6.54 Å². The van der Waals surface area contributed by atoms with E-state index >= 15 is 0 Å². The third kappa shape index (κ3) is 4.13. The first-order chi connectivity index (χ1) is 15.3. The highest BCUT2D eigenvalue weighted by Gasteiger charge is 2.22. The third-order valence-electron chi connectivity index (χ3n) is 4.91. The number of nitrogens with zero attached hydrogens (tertiary/aromatic N) is 3. The van der Waals surface area contributed by atoms with E-state index in [1.165, 1.54) is 0 Å². The molecule has 4 aromatic rings. The second kappa shape index (κ2) is 8.57. The van der Waals surface area contributed by atoms with E-state index in [1.807, 2.05) is 66.0 Å². The fourth-order valence-electron chi connectivity index (χ4n) is 3.37. The normalized spacial score (nSPS) is 12.4. The smallest absolute Gasteiger partial charge is 0.261 e. The Labute approximate surface area is 183 Å². The number of ether oxygens (including phenoxy) is 2. The molecule has 0 atom stereocenters. The Morgan fingerprint density at radius 2 is 1.71 bits per heavy atom. The number of hydrogen-bond donors (Lipinski definition) is 0. The first-order valence-electron chi connectivity index (χ1n) is 9.89. The first kappa shape index (κ1) is 19.3. The summed E-state index contributed by atoms with van der Waals surface area (Å²) in [6, 6.07) is 19.2. The fourth-order valence-corrected chi connectivity index (χ4v) is 4.06. The van der Waals surface area contributed by atoms with E-state index in [-0.39, 0.29) is 5.91 Å². The molecule has 6 nitrogen and oxygen atoms in total. The summed E-state index contributed by atoms with van der Waals surface area (Å²) in [5, 5.41) is 2.00. The van der Waals surface area contributed by atoms with Gasteiger partial charge in [0.05, 0.1) is 12.1 Å². The van der Waals surface area contributed by atoms with E-state index in [0.29, 0.717) is 42.6 Å². The van der Waals surface area contributed by atoms with E-state index in [9.17, 15) is 4.79 Å². The molecule has 3 heterocycles. The molecule has 154 valence electrons. The van der Waals surface area contributed by atoms with Crippen molar-refractivity contribution < 1.29 is 14.3 Å². The SMILES string of the molecule is O=C(c1cnc(-c2ccccc2)nc1)N(Cc1cccs1)c1ccc2c(c1)OCCO2. The number of amides is 1. The number of carbonyl (C=O) groups is 1. The Balaban J connectivity index is 1.47. The standard InChI is InChI=1S/C24H19N3O3S/c28-24(18-14-25-23(26-15-18)17-5-2-1-3-6-17)27(16-20-7-4-12-31-20)19-8-9-21-22(13-19)30-11-10-29-21/h1-9,12-15H,10-11,16H2. The number of fused-ring (bicyclic) bond motifs is 1. The summed E-state index contributed by atoms with van der Waals surface area (Å²) in [5.41, 5.74) is 2.06. The van der Waals surface area contributed by atoms with Crippen LogP contribution in [0.1, 0.15) is 15.2 Å². The largest absolute Gasteiger partial charge is 0.486 e. The van der Waals surface area contributed by atoms with Gasteiger partial charge in [0, 0.05) is 34.6 Å². The molecule has 7 heteroatoms. The van der Waals surface area contributed by atoms with Crippen molar-refractivity contribution in [2.75, 3.05) is 18.1 Å². The van der Waals surface area contributed by atoms with Crippen LogP contribution in [0.2, 0.25) is 0 Å². The number of benzene rings is 2. The zero-order chi connectivity index (χ0) is 21.0. The Morgan fingerprint density at radius 1 is 0.935 bits per heavy atom. The Hall–Kier alpha value is -3.71. The number of rotatable bonds is 5. The highest BCUT2D eigenvalue weighted by molar-refractivity contribution is 7.09. The molecular formula is C24H19N3O3S. The minimum atomic E-state index is -0.176. The minimum Gasteiger partial charge on any atom is -0.486 e. The molecule has 0 fully saturated rings. The average molecular weight is 430 g/mol. The van der Waals surface area contributed by atoms with Crippen molar-refractivity contribution in [2.24, 2.45) is 0 Å². The van der Waals surface area contributed by atoms with Crippen LogP contribution in [0.4, 0.5) is 5.69 Å². The Morgan fingerprint density at radius 3 is 2.45 bits per heavy atom. The summed E-state index contributed by atoms with van der Waals surface area (Å²) in [4.78, 5) is 25.1. The molecule has 1 aliphatic rings. The summed E-state index contributed by atoms with van der Waals surface area (Å²) >= 11 is 1.61. The van der Waals surface area contributed by atoms with Crippen molar-refractivity contribution in [3.63, 3.8) is 0 Å². The zero-order valence-corrected chi connectivity index (χ0v) is 17.4. The first-order valence-corrected chi connectivity index (χ1v) is 10.8. The van der Waals surface area contributed by atoms with Gasteiger partial charge in [-0.25, -0.2) is 9.97 Å². The molecular weight excluding hydrogens is 410 g/mol. The van der Waals surface area contributed by atoms with Gasteiger partial charge in [-0.05, 0) is 23.6 Å². The van der Waals surface area contributed by atoms with Gasteiger partial charge in [0.2, 0.25) is 0 Å². The quantitative estimate of drug-likeness (QED) is 0.455. The molecule has 0 saturated heterocycles. The maximum atomic E-state index is 13.5. The van der Waals surface area contributed by atoms with Gasteiger partial charge in [-0.15, -0.1) is 11.3 Å². The van der Waals surface area contributed by atoms with Crippen LogP contribution in [0.3, 0.4) is 0 Å². The summed E-state index contributed by atoms with van der Waals surface area (Å²) in [6.45, 7) is 1.45. The summed E-state index contributed by atoms with van der Waals surface area (Å²) in [6.07, 6.45) is 3.16. The minimum absolute atomic E-state index is 0.176. The second-order valence-corrected chi connectivity index (χ2v) is 7.99. The predicted octanol–water partition coefficient (Wildman–Crippen LogP) is 4.82. The maximum absolute atomic E-state index is 13.5. The lowest BCUT2D eigenvalue weighted by Gasteiger charge is -2.25. The third-order valence-corrected chi connectivity index (χ3v) is 5.77. The van der Waals surface area contributed by atoms with Crippen LogP contribution in [0, 0.1) is 0 Å². The Bertz CT molecular complexity index is 1180. The number of anilines is 1. The van der Waals surface area contributed by atoms with Crippen LogP contribution >= 0.6 is 11.3 Å². The summed E-state index contributed by atoms with van der Waals surface area (Å²) < 4.78 is 11.3. The highest BCUT2D eigenvalue weighted by Crippen LogP contribution is 2.35. The molecule has 0 N–H and O–H groups in total. The van der Waals surface area contributed by atoms with E-state index in [4.69, 9.17) is 9.47 Å². The number of aromatic nitrogens is 2. The van der Waals surface area contributed by atoms with Gasteiger partial charge >= 0.3 is 0 Å². The van der Waals surface area contributed by atoms with Crippen molar-refractivity contribution in [3.05, 3.63) is 88.9 Å². The van der Waals surface area contributed by atoms with Crippen LogP contribution in [-0.4, -0.2) is 29.1 Å². The van der Waals surface area contributed by atoms with E-state index in [0.717, 1.165) is 16.1 Å². The van der Waals surface area contributed by atoms with Crippen LogP contribution in [0.25, 0.3) is 11.4 Å². The van der Waals surface area contributed by atoms with E-state index < -0.39 is 0 Å². The van der Waals surface area contributed by atoms with Gasteiger partial charge < -0.3 is 14.4 Å². The zero-order valence-electron chi connectivity index (χ0n) is 16.6. The summed E-state index contributed by atoms with van der Waals surface area (Å²) in [7, 11) is 0. The highest BCUT2D eigenvalue weighted by atomic mass is 32.1. The van der Waals surface area contributed by atoms with Crippen LogP contribution in [-0.2, 0) is 6.54 Å². The lowest BCUT2D eigenvalue weighted by molar-refractivity contribution is 0.0984. The number of carbonyl (C=O) groups excluding carboxylic acids is 1. The van der Waals surface area contributed by atoms with Gasteiger partial charge in [-0.1, -0.05) is 36.4 Å². The molecule has 0 unspecified atom stereocenters. The second-order valence-electron chi connectivity index (χ2n) is 6.96. The molecule has 0 spiro atoms. The van der Waals surface area contributed by atoms with Gasteiger partial charge in [0.25, 0.3) is 5.91 Å². The molecule has 2 aromatic carbocycles. The lowest BCUT2D eigenvalue weighted by Crippen LogP contribution is -2.30. The molecule has 1 amide bonds. The van der Waals surface area contributed by atoms with E-state index in [1.54, 1.807) is 28.6 Å². The van der Waals surface area contributed by atoms with Crippen LogP contribution < -0.4 is 14.4 Å². The number of thiophene rings is 1. The molecule has 2 aromatic heterocycles. The van der Waals surface area contributed by atoms with Crippen molar-refractivity contribution in [1.29, 1.82) is 0 Å². The number of hydrogen-bond acceptors (Lipinski definition) is 6. The van der Waals surface area contributed by atoms with Gasteiger partial charge in [-0.3, -0.25) is 4.79 Å². The topological polar surface area (TPSA) is 64.6 Å². The van der Waals surface area contributed by atoms with Gasteiger partial charge in [0.15, 0.2) is 17.3 Å². The summed E-state index contributed by atoms with van der Waals surface area (Å²) in [5.74, 6) is 1.74. The van der Waals surface area contributed by atoms with Gasteiger partial charge in [-0.2, -0.15) is 0 Å². The molecule has 0 bridgehead atoms. The van der Waals surface area contributed by atoms with Crippen LogP contribution in [0.5, 0.6) is 11.5 Å². The molecule has 0 aliphatic carbocycles. The molecule has 0 radical (unpaired) electrons. The molecule has 1 aliphatic heterocycles. The lowest BCUT2D eigenvalue weighted by atomic mass is 10.2. The fraction of sp³-hybridized carbons (Fsp3) is 0.125. The van der Waals surface area contributed by atoms with E-state index in [2.05, 4.69) is 9.97 Å². The Kier molecular flexibility index (Phi) is 5.33. The van der Waals surface area contributed by atoms with Crippen molar-refractivity contribution in [3.8, 4) is 22.9 Å². The maximum Gasteiger partial charge on any atom is 0.261 e.